The van der Waals surface area contributed by atoms with Gasteiger partial charge in [-0.25, -0.2) is 0 Å². The predicted molar refractivity (Wildman–Crippen MR) is 51.0 cm³/mol. The Bertz CT molecular complexity index is 512. The van der Waals surface area contributed by atoms with E-state index in [9.17, 15) is 4.79 Å². The number of hydrogen-bond donors (Lipinski definition) is 1. The fraction of sp³-hybridized carbons (Fsp3) is 0.375. The van der Waals surface area contributed by atoms with Crippen molar-refractivity contribution in [1.29, 1.82) is 0 Å². The molecule has 0 bridgehead atoms. The lowest BCUT2D eigenvalue weighted by molar-refractivity contribution is 0.816. The summed E-state index contributed by atoms with van der Waals surface area (Å²) in [4.78, 5) is 11.6. The van der Waals surface area contributed by atoms with E-state index in [1.54, 1.807) is 23.8 Å². The van der Waals surface area contributed by atoms with E-state index >= 15 is 0 Å². The van der Waals surface area contributed by atoms with Gasteiger partial charge in [0.05, 0.1) is 0 Å². The fourth-order valence-electron chi connectivity index (χ4n) is 1.32. The number of aryl methyl sites for hydroxylation is 1. The van der Waals surface area contributed by atoms with Gasteiger partial charge in [0.2, 0.25) is 5.65 Å². The van der Waals surface area contributed by atoms with Gasteiger partial charge in [-0.1, -0.05) is 0 Å². The zero-order valence-electron chi connectivity index (χ0n) is 7.84. The molecule has 0 aliphatic rings. The lowest BCUT2D eigenvalue weighted by Crippen LogP contribution is -2.19. The fourth-order valence-corrected chi connectivity index (χ4v) is 1.32. The number of hydrogen-bond acceptors (Lipinski definition) is 4. The maximum absolute atomic E-state index is 11.6. The van der Waals surface area contributed by atoms with Crippen molar-refractivity contribution in [2.24, 2.45) is 12.8 Å². The Morgan fingerprint density at radius 1 is 1.43 bits per heavy atom. The molecule has 2 rings (SSSR count). The van der Waals surface area contributed by atoms with Crippen molar-refractivity contribution in [3.05, 3.63) is 28.6 Å². The van der Waals surface area contributed by atoms with Gasteiger partial charge in [-0.2, -0.15) is 0 Å². The van der Waals surface area contributed by atoms with Crippen molar-refractivity contribution < 1.29 is 0 Å². The molecule has 0 aromatic carbocycles. The minimum absolute atomic E-state index is 0.150. The Kier molecular flexibility index (Phi) is 2.05. The molecular formula is C8H11N5O. The maximum Gasteiger partial charge on any atom is 0.295 e. The van der Waals surface area contributed by atoms with Crippen LogP contribution in [0.5, 0.6) is 0 Å². The molecule has 0 aliphatic carbocycles. The second kappa shape index (κ2) is 3.22. The first kappa shape index (κ1) is 8.89. The number of aromatic nitrogens is 4. The van der Waals surface area contributed by atoms with Gasteiger partial charge < -0.3 is 10.3 Å². The van der Waals surface area contributed by atoms with Crippen molar-refractivity contribution >= 4 is 5.65 Å². The molecule has 0 saturated carbocycles. The molecule has 0 saturated heterocycles. The molecule has 2 N–H and O–H groups in total. The minimum Gasteiger partial charge on any atom is -0.330 e. The molecule has 0 amide bonds. The lowest BCUT2D eigenvalue weighted by atomic mass is 10.4. The summed E-state index contributed by atoms with van der Waals surface area (Å²) in [6.07, 6.45) is 4.06. The Morgan fingerprint density at radius 2 is 2.21 bits per heavy atom. The van der Waals surface area contributed by atoms with E-state index in [1.807, 2.05) is 0 Å². The summed E-state index contributed by atoms with van der Waals surface area (Å²) < 4.78 is 3.14. The number of fused-ring (bicyclic) bond motifs is 1. The first-order chi connectivity index (χ1) is 6.74. The van der Waals surface area contributed by atoms with Crippen molar-refractivity contribution in [2.45, 2.75) is 6.42 Å². The van der Waals surface area contributed by atoms with Crippen LogP contribution in [0.1, 0.15) is 5.82 Å². The number of rotatable bonds is 2. The molecule has 0 unspecified atom stereocenters. The van der Waals surface area contributed by atoms with Crippen LogP contribution in [0.15, 0.2) is 17.2 Å². The second-order valence-corrected chi connectivity index (χ2v) is 3.06. The summed E-state index contributed by atoms with van der Waals surface area (Å²) in [6, 6.07) is 0. The third-order valence-electron chi connectivity index (χ3n) is 2.09. The molecule has 74 valence electrons. The third-order valence-corrected chi connectivity index (χ3v) is 2.09. The zero-order valence-corrected chi connectivity index (χ0v) is 7.84. The Balaban J connectivity index is 2.71. The molecule has 0 fully saturated rings. The van der Waals surface area contributed by atoms with Crippen LogP contribution in [0.25, 0.3) is 5.65 Å². The average Bonchev–Trinajstić information content (AvgIpc) is 2.57. The molecule has 2 aromatic heterocycles. The lowest BCUT2D eigenvalue weighted by Gasteiger charge is -1.98. The van der Waals surface area contributed by atoms with Crippen LogP contribution < -0.4 is 11.3 Å². The van der Waals surface area contributed by atoms with Crippen LogP contribution in [-0.2, 0) is 13.5 Å². The molecule has 0 atom stereocenters. The topological polar surface area (TPSA) is 78.2 Å². The summed E-state index contributed by atoms with van der Waals surface area (Å²) in [5, 5.41) is 7.73. The first-order valence-corrected chi connectivity index (χ1v) is 4.33. The van der Waals surface area contributed by atoms with Gasteiger partial charge in [0.25, 0.3) is 5.56 Å². The third kappa shape index (κ3) is 1.20. The monoisotopic (exact) mass is 193 g/mol. The highest BCUT2D eigenvalue weighted by molar-refractivity contribution is 5.34. The van der Waals surface area contributed by atoms with E-state index in [2.05, 4.69) is 10.2 Å². The highest BCUT2D eigenvalue weighted by Gasteiger charge is 2.07. The summed E-state index contributed by atoms with van der Waals surface area (Å²) in [5.41, 5.74) is 5.61. The van der Waals surface area contributed by atoms with Gasteiger partial charge in [0, 0.05) is 25.9 Å². The van der Waals surface area contributed by atoms with E-state index in [0.29, 0.717) is 18.6 Å². The molecule has 6 heteroatoms. The summed E-state index contributed by atoms with van der Waals surface area (Å²) >= 11 is 0. The van der Waals surface area contributed by atoms with Gasteiger partial charge >= 0.3 is 0 Å². The van der Waals surface area contributed by atoms with Crippen LogP contribution in [0, 0.1) is 0 Å². The molecule has 2 aromatic rings. The van der Waals surface area contributed by atoms with Gasteiger partial charge in [0.1, 0.15) is 5.82 Å². The van der Waals surface area contributed by atoms with E-state index in [-0.39, 0.29) is 5.56 Å². The van der Waals surface area contributed by atoms with E-state index in [0.717, 1.165) is 5.82 Å². The molecule has 2 heterocycles. The summed E-state index contributed by atoms with van der Waals surface area (Å²) in [6.45, 7) is 0.496. The van der Waals surface area contributed by atoms with Crippen molar-refractivity contribution in [3.8, 4) is 0 Å². The van der Waals surface area contributed by atoms with Gasteiger partial charge in [-0.3, -0.25) is 9.20 Å². The average molecular weight is 193 g/mol. The molecule has 0 aliphatic heterocycles. The second-order valence-electron chi connectivity index (χ2n) is 3.06. The van der Waals surface area contributed by atoms with E-state index in [4.69, 9.17) is 5.73 Å². The standard InChI is InChI=1S/C8H11N5O/c1-12-4-5-13-6(2-3-9)10-11-7(13)8(12)14/h4-5H,2-3,9H2,1H3. The van der Waals surface area contributed by atoms with Crippen LogP contribution in [-0.4, -0.2) is 25.7 Å². The normalized spacial score (nSPS) is 11.0. The van der Waals surface area contributed by atoms with Gasteiger partial charge in [0.15, 0.2) is 0 Å². The van der Waals surface area contributed by atoms with Gasteiger partial charge in [-0.05, 0) is 6.54 Å². The van der Waals surface area contributed by atoms with Gasteiger partial charge in [-0.15, -0.1) is 10.2 Å². The Labute approximate surface area is 80.0 Å². The largest absolute Gasteiger partial charge is 0.330 e. The molecule has 6 nitrogen and oxygen atoms in total. The predicted octanol–water partition coefficient (Wildman–Crippen LogP) is -1.07. The summed E-state index contributed by atoms with van der Waals surface area (Å²) in [5.74, 6) is 0.722. The quantitative estimate of drug-likeness (QED) is 0.658. The van der Waals surface area contributed by atoms with Crippen LogP contribution in [0.3, 0.4) is 0 Å². The Hall–Kier alpha value is -1.69. The van der Waals surface area contributed by atoms with E-state index < -0.39 is 0 Å². The molecule has 14 heavy (non-hydrogen) atoms. The van der Waals surface area contributed by atoms with Crippen LogP contribution in [0.2, 0.25) is 0 Å². The zero-order chi connectivity index (χ0) is 10.1. The van der Waals surface area contributed by atoms with Crippen LogP contribution in [0.4, 0.5) is 0 Å². The summed E-state index contributed by atoms with van der Waals surface area (Å²) in [7, 11) is 1.68. The van der Waals surface area contributed by atoms with Crippen molar-refractivity contribution in [1.82, 2.24) is 19.2 Å². The smallest absolute Gasteiger partial charge is 0.295 e. The van der Waals surface area contributed by atoms with Crippen LogP contribution >= 0.6 is 0 Å². The number of nitrogens with two attached hydrogens (primary N) is 1. The Morgan fingerprint density at radius 3 is 2.93 bits per heavy atom. The number of nitrogens with zero attached hydrogens (tertiary/aromatic N) is 4. The maximum atomic E-state index is 11.6. The molecular weight excluding hydrogens is 182 g/mol. The first-order valence-electron chi connectivity index (χ1n) is 4.33. The SMILES string of the molecule is Cn1ccn2c(CCN)nnc2c1=O. The molecule has 0 radical (unpaired) electrons. The van der Waals surface area contributed by atoms with E-state index in [1.165, 1.54) is 4.57 Å². The minimum atomic E-state index is -0.150. The highest BCUT2D eigenvalue weighted by Crippen LogP contribution is 1.98. The highest BCUT2D eigenvalue weighted by atomic mass is 16.1. The van der Waals surface area contributed by atoms with Crippen molar-refractivity contribution in [3.63, 3.8) is 0 Å². The molecule has 0 spiro atoms. The van der Waals surface area contributed by atoms with Crippen molar-refractivity contribution in [2.75, 3.05) is 6.54 Å².